The number of nitrogens with one attached hydrogen (secondary N) is 1. The number of carbonyl (C=O) groups excluding carboxylic acids is 1. The van der Waals surface area contributed by atoms with Crippen LogP contribution in [0.2, 0.25) is 0 Å². The lowest BCUT2D eigenvalue weighted by atomic mass is 10.1. The summed E-state index contributed by atoms with van der Waals surface area (Å²) in [6, 6.07) is 0.247. The Morgan fingerprint density at radius 3 is 2.69 bits per heavy atom. The Morgan fingerprint density at radius 1 is 1.50 bits per heavy atom. The number of hydrogen-bond acceptors (Lipinski definition) is 4. The van der Waals surface area contributed by atoms with Crippen molar-refractivity contribution in [1.82, 2.24) is 15.1 Å². The maximum absolute atomic E-state index is 11.6. The fourth-order valence-corrected chi connectivity index (χ4v) is 1.68. The highest BCUT2D eigenvalue weighted by Gasteiger charge is 2.25. The number of rotatable bonds is 4. The second-order valence-electron chi connectivity index (χ2n) is 4.56. The van der Waals surface area contributed by atoms with Crippen LogP contribution in [0.4, 0.5) is 0 Å². The predicted octanol–water partition coefficient (Wildman–Crippen LogP) is -0.617. The van der Waals surface area contributed by atoms with Crippen LogP contribution < -0.4 is 5.32 Å². The fourth-order valence-electron chi connectivity index (χ4n) is 1.68. The van der Waals surface area contributed by atoms with Gasteiger partial charge < -0.3 is 15.0 Å². The molecule has 0 aliphatic carbocycles. The van der Waals surface area contributed by atoms with Crippen molar-refractivity contribution in [2.45, 2.75) is 19.1 Å². The molecule has 0 aromatic heterocycles. The van der Waals surface area contributed by atoms with E-state index < -0.39 is 0 Å². The first-order chi connectivity index (χ1) is 7.52. The zero-order chi connectivity index (χ0) is 12.1. The Labute approximate surface area is 97.7 Å². The molecular weight excluding hydrogens is 206 g/mol. The Kier molecular flexibility index (Phi) is 5.18. The van der Waals surface area contributed by atoms with E-state index in [4.69, 9.17) is 4.74 Å². The summed E-state index contributed by atoms with van der Waals surface area (Å²) in [4.78, 5) is 15.2. The van der Waals surface area contributed by atoms with E-state index in [9.17, 15) is 4.79 Å². The van der Waals surface area contributed by atoms with Crippen molar-refractivity contribution in [2.75, 3.05) is 47.4 Å². The number of hydrogen-bond donors (Lipinski definition) is 1. The number of ether oxygens (including phenoxy) is 1. The average Bonchev–Trinajstić information content (AvgIpc) is 2.28. The monoisotopic (exact) mass is 229 g/mol. The molecule has 0 aromatic carbocycles. The van der Waals surface area contributed by atoms with Crippen LogP contribution in [-0.4, -0.2) is 75.2 Å². The molecule has 1 aliphatic heterocycles. The molecule has 0 aromatic rings. The van der Waals surface area contributed by atoms with Crippen LogP contribution in [0.15, 0.2) is 0 Å². The number of amides is 1. The van der Waals surface area contributed by atoms with Crippen LogP contribution in [0.1, 0.15) is 6.92 Å². The Morgan fingerprint density at radius 2 is 2.19 bits per heavy atom. The van der Waals surface area contributed by atoms with E-state index in [-0.39, 0.29) is 18.1 Å². The van der Waals surface area contributed by atoms with E-state index in [1.54, 1.807) is 19.0 Å². The number of morpholine rings is 1. The van der Waals surface area contributed by atoms with Crippen LogP contribution >= 0.6 is 0 Å². The summed E-state index contributed by atoms with van der Waals surface area (Å²) in [5, 5.41) is 3.30. The molecule has 0 spiro atoms. The van der Waals surface area contributed by atoms with Gasteiger partial charge in [0.05, 0.1) is 19.3 Å². The minimum atomic E-state index is 0.123. The Balaban J connectivity index is 2.39. The molecule has 2 atom stereocenters. The normalized spacial score (nSPS) is 23.2. The highest BCUT2D eigenvalue weighted by atomic mass is 16.5. The van der Waals surface area contributed by atoms with E-state index >= 15 is 0 Å². The van der Waals surface area contributed by atoms with Crippen molar-refractivity contribution < 1.29 is 9.53 Å². The zero-order valence-corrected chi connectivity index (χ0v) is 10.7. The Bertz CT molecular complexity index is 227. The van der Waals surface area contributed by atoms with E-state index in [0.29, 0.717) is 6.54 Å². The van der Waals surface area contributed by atoms with Gasteiger partial charge in [-0.1, -0.05) is 0 Å². The van der Waals surface area contributed by atoms with Gasteiger partial charge in [0.1, 0.15) is 0 Å². The quantitative estimate of drug-likeness (QED) is 0.698. The molecule has 2 unspecified atom stereocenters. The van der Waals surface area contributed by atoms with E-state index in [1.165, 1.54) is 0 Å². The molecule has 0 saturated carbocycles. The third-order valence-electron chi connectivity index (χ3n) is 3.07. The smallest absolute Gasteiger partial charge is 0.236 e. The molecule has 1 heterocycles. The molecule has 0 radical (unpaired) electrons. The van der Waals surface area contributed by atoms with Crippen molar-refractivity contribution in [3.05, 3.63) is 0 Å². The van der Waals surface area contributed by atoms with Gasteiger partial charge in [0.2, 0.25) is 5.91 Å². The zero-order valence-electron chi connectivity index (χ0n) is 10.7. The summed E-state index contributed by atoms with van der Waals surface area (Å²) in [6.07, 6.45) is 0.175. The lowest BCUT2D eigenvalue weighted by Gasteiger charge is -2.34. The van der Waals surface area contributed by atoms with Gasteiger partial charge >= 0.3 is 0 Å². The van der Waals surface area contributed by atoms with Gasteiger partial charge in [0.15, 0.2) is 0 Å². The highest BCUT2D eigenvalue weighted by Crippen LogP contribution is 2.08. The third-order valence-corrected chi connectivity index (χ3v) is 3.07. The summed E-state index contributed by atoms with van der Waals surface area (Å²) >= 11 is 0. The highest BCUT2D eigenvalue weighted by molar-refractivity contribution is 5.77. The summed E-state index contributed by atoms with van der Waals surface area (Å²) in [7, 11) is 5.52. The van der Waals surface area contributed by atoms with Crippen molar-refractivity contribution in [3.63, 3.8) is 0 Å². The number of likely N-dealkylation sites (N-methyl/N-ethyl adjacent to an activating group) is 2. The van der Waals surface area contributed by atoms with Crippen molar-refractivity contribution in [2.24, 2.45) is 0 Å². The van der Waals surface area contributed by atoms with Crippen LogP contribution in [0.5, 0.6) is 0 Å². The molecule has 0 bridgehead atoms. The lowest BCUT2D eigenvalue weighted by Crippen LogP contribution is -2.51. The summed E-state index contributed by atoms with van der Waals surface area (Å²) in [6.45, 7) is 5.07. The number of carbonyl (C=O) groups is 1. The minimum absolute atomic E-state index is 0.123. The second kappa shape index (κ2) is 6.18. The SMILES string of the molecule is CC(C1CNCCO1)N(C)CC(=O)N(C)C. The van der Waals surface area contributed by atoms with Gasteiger partial charge in [-0.2, -0.15) is 0 Å². The minimum Gasteiger partial charge on any atom is -0.374 e. The largest absolute Gasteiger partial charge is 0.374 e. The molecule has 1 N–H and O–H groups in total. The summed E-state index contributed by atoms with van der Waals surface area (Å²) in [5.74, 6) is 0.123. The second-order valence-corrected chi connectivity index (χ2v) is 4.56. The van der Waals surface area contributed by atoms with Crippen LogP contribution in [0.25, 0.3) is 0 Å². The molecule has 1 rings (SSSR count). The maximum Gasteiger partial charge on any atom is 0.236 e. The van der Waals surface area contributed by atoms with Crippen LogP contribution in [0, 0.1) is 0 Å². The molecule has 1 amide bonds. The summed E-state index contributed by atoms with van der Waals surface area (Å²) < 4.78 is 5.67. The Hall–Kier alpha value is -0.650. The van der Waals surface area contributed by atoms with Crippen LogP contribution in [0.3, 0.4) is 0 Å². The van der Waals surface area contributed by atoms with Gasteiger partial charge in [-0.25, -0.2) is 0 Å². The molecule has 5 heteroatoms. The van der Waals surface area contributed by atoms with Gasteiger partial charge in [-0.05, 0) is 14.0 Å². The molecule has 5 nitrogen and oxygen atoms in total. The average molecular weight is 229 g/mol. The van der Waals surface area contributed by atoms with E-state index in [0.717, 1.165) is 19.7 Å². The van der Waals surface area contributed by atoms with Crippen molar-refractivity contribution in [1.29, 1.82) is 0 Å². The summed E-state index contributed by atoms with van der Waals surface area (Å²) in [5.41, 5.74) is 0. The molecule has 16 heavy (non-hydrogen) atoms. The third kappa shape index (κ3) is 3.73. The standard InChI is InChI=1S/C11H23N3O2/c1-9(10-7-12-5-6-16-10)14(4)8-11(15)13(2)3/h9-10,12H,5-8H2,1-4H3. The first kappa shape index (κ1) is 13.4. The molecule has 1 fully saturated rings. The molecule has 1 saturated heterocycles. The van der Waals surface area contributed by atoms with E-state index in [1.807, 2.05) is 11.9 Å². The van der Waals surface area contributed by atoms with Gasteiger partial charge in [0, 0.05) is 33.2 Å². The topological polar surface area (TPSA) is 44.8 Å². The van der Waals surface area contributed by atoms with Gasteiger partial charge in [0.25, 0.3) is 0 Å². The van der Waals surface area contributed by atoms with E-state index in [2.05, 4.69) is 12.2 Å². The van der Waals surface area contributed by atoms with Crippen molar-refractivity contribution in [3.8, 4) is 0 Å². The van der Waals surface area contributed by atoms with Crippen LogP contribution in [-0.2, 0) is 9.53 Å². The maximum atomic E-state index is 11.6. The fraction of sp³-hybridized carbons (Fsp3) is 0.909. The molecule has 94 valence electrons. The van der Waals surface area contributed by atoms with Gasteiger partial charge in [-0.15, -0.1) is 0 Å². The lowest BCUT2D eigenvalue weighted by molar-refractivity contribution is -0.131. The predicted molar refractivity (Wildman–Crippen MR) is 63.4 cm³/mol. The van der Waals surface area contributed by atoms with Gasteiger partial charge in [-0.3, -0.25) is 9.69 Å². The first-order valence-electron chi connectivity index (χ1n) is 5.75. The number of nitrogens with zero attached hydrogens (tertiary/aromatic N) is 2. The molecular formula is C11H23N3O2. The first-order valence-corrected chi connectivity index (χ1v) is 5.75. The van der Waals surface area contributed by atoms with Crippen molar-refractivity contribution >= 4 is 5.91 Å². The molecule has 1 aliphatic rings.